The normalized spacial score (nSPS) is 10.8. The molecule has 1 aromatic heterocycles. The van der Waals surface area contributed by atoms with E-state index in [0.29, 0.717) is 23.1 Å². The Kier molecular flexibility index (Phi) is 3.90. The predicted molar refractivity (Wildman–Crippen MR) is 85.9 cm³/mol. The monoisotopic (exact) mass is 363 g/mol. The summed E-state index contributed by atoms with van der Waals surface area (Å²) in [6.07, 6.45) is 0. The Balaban J connectivity index is 1.97. The molecule has 0 radical (unpaired) electrons. The van der Waals surface area contributed by atoms with E-state index in [4.69, 9.17) is 17.3 Å². The lowest BCUT2D eigenvalue weighted by molar-refractivity contribution is 0.653. The van der Waals surface area contributed by atoms with Gasteiger partial charge in [-0.05, 0) is 46.3 Å². The van der Waals surface area contributed by atoms with Crippen LogP contribution in [0.2, 0.25) is 5.02 Å². The van der Waals surface area contributed by atoms with E-state index in [-0.39, 0.29) is 0 Å². The molecule has 0 aliphatic rings. The highest BCUT2D eigenvalue weighted by Gasteiger charge is 2.13. The molecule has 0 saturated heterocycles. The Labute approximate surface area is 134 Å². The van der Waals surface area contributed by atoms with Gasteiger partial charge in [0.05, 0.1) is 6.54 Å². The molecule has 106 valence electrons. The first-order valence-corrected chi connectivity index (χ1v) is 7.36. The zero-order chi connectivity index (χ0) is 14.8. The minimum atomic E-state index is 0.556. The summed E-state index contributed by atoms with van der Waals surface area (Å²) in [5.41, 5.74) is 8.42. The van der Waals surface area contributed by atoms with Crippen LogP contribution in [0.25, 0.3) is 11.4 Å². The van der Waals surface area contributed by atoms with Gasteiger partial charge in [0.2, 0.25) is 0 Å². The second kappa shape index (κ2) is 5.83. The van der Waals surface area contributed by atoms with E-state index in [1.807, 2.05) is 42.5 Å². The molecule has 0 aliphatic heterocycles. The summed E-state index contributed by atoms with van der Waals surface area (Å²) >= 11 is 9.39. The third kappa shape index (κ3) is 3.06. The molecule has 1 heterocycles. The number of hydrogen-bond acceptors (Lipinski definition) is 4. The van der Waals surface area contributed by atoms with Crippen molar-refractivity contribution in [3.05, 3.63) is 57.5 Å². The standard InChI is InChI=1S/C14H11BrClN5/c15-13-6-5-11(17)7-12(13)14-18-19-20-21(14)8-9-1-3-10(16)4-2-9/h1-7H,8,17H2. The number of nitrogens with two attached hydrogens (primary N) is 1. The van der Waals surface area contributed by atoms with Crippen molar-refractivity contribution in [2.75, 3.05) is 5.73 Å². The fourth-order valence-electron chi connectivity index (χ4n) is 1.98. The molecule has 0 amide bonds. The number of hydrogen-bond donors (Lipinski definition) is 1. The van der Waals surface area contributed by atoms with Crippen LogP contribution in [-0.2, 0) is 6.54 Å². The van der Waals surface area contributed by atoms with Crippen molar-refractivity contribution in [1.82, 2.24) is 20.2 Å². The van der Waals surface area contributed by atoms with E-state index in [9.17, 15) is 0 Å². The number of rotatable bonds is 3. The molecular weight excluding hydrogens is 354 g/mol. The highest BCUT2D eigenvalue weighted by atomic mass is 79.9. The van der Waals surface area contributed by atoms with Crippen LogP contribution in [0.3, 0.4) is 0 Å². The van der Waals surface area contributed by atoms with Gasteiger partial charge in [0, 0.05) is 20.7 Å². The van der Waals surface area contributed by atoms with Gasteiger partial charge in [0.15, 0.2) is 5.82 Å². The molecule has 3 rings (SSSR count). The molecule has 0 saturated carbocycles. The third-order valence-electron chi connectivity index (χ3n) is 3.01. The van der Waals surface area contributed by atoms with E-state index < -0.39 is 0 Å². The van der Waals surface area contributed by atoms with E-state index in [2.05, 4.69) is 31.5 Å². The molecule has 0 unspecified atom stereocenters. The maximum Gasteiger partial charge on any atom is 0.183 e. The second-order valence-corrected chi connectivity index (χ2v) is 5.82. The summed E-state index contributed by atoms with van der Waals surface area (Å²) in [5.74, 6) is 0.657. The molecule has 5 nitrogen and oxygen atoms in total. The van der Waals surface area contributed by atoms with Gasteiger partial charge in [-0.3, -0.25) is 0 Å². The van der Waals surface area contributed by atoms with Crippen molar-refractivity contribution in [1.29, 1.82) is 0 Å². The number of tetrazole rings is 1. The number of aromatic nitrogens is 4. The van der Waals surface area contributed by atoms with Crippen LogP contribution in [0.15, 0.2) is 46.9 Å². The summed E-state index contributed by atoms with van der Waals surface area (Å²) in [6.45, 7) is 0.556. The number of nitrogen functional groups attached to an aromatic ring is 1. The lowest BCUT2D eigenvalue weighted by atomic mass is 10.2. The van der Waals surface area contributed by atoms with Crippen molar-refractivity contribution < 1.29 is 0 Å². The zero-order valence-electron chi connectivity index (χ0n) is 10.9. The molecule has 2 aromatic carbocycles. The van der Waals surface area contributed by atoms with Crippen molar-refractivity contribution in [2.24, 2.45) is 0 Å². The van der Waals surface area contributed by atoms with Gasteiger partial charge >= 0.3 is 0 Å². The van der Waals surface area contributed by atoms with Crippen LogP contribution >= 0.6 is 27.5 Å². The van der Waals surface area contributed by atoms with E-state index in [1.165, 1.54) is 0 Å². The van der Waals surface area contributed by atoms with Gasteiger partial charge in [-0.15, -0.1) is 5.10 Å². The lowest BCUT2D eigenvalue weighted by Gasteiger charge is -2.07. The van der Waals surface area contributed by atoms with Crippen LogP contribution in [0.5, 0.6) is 0 Å². The summed E-state index contributed by atoms with van der Waals surface area (Å²) in [6, 6.07) is 13.1. The van der Waals surface area contributed by atoms with Crippen molar-refractivity contribution in [3.8, 4) is 11.4 Å². The molecular formula is C14H11BrClN5. The Morgan fingerprint density at radius 2 is 1.90 bits per heavy atom. The van der Waals surface area contributed by atoms with Gasteiger partial charge in [0.25, 0.3) is 0 Å². The van der Waals surface area contributed by atoms with Gasteiger partial charge in [-0.1, -0.05) is 39.7 Å². The SMILES string of the molecule is Nc1ccc(Br)c(-c2nnnn2Cc2ccc(Cl)cc2)c1. The Morgan fingerprint density at radius 3 is 2.67 bits per heavy atom. The first kappa shape index (κ1) is 14.0. The molecule has 0 spiro atoms. The van der Waals surface area contributed by atoms with Gasteiger partial charge < -0.3 is 5.73 Å². The molecule has 0 aliphatic carbocycles. The lowest BCUT2D eigenvalue weighted by Crippen LogP contribution is -2.05. The maximum atomic E-state index is 5.89. The van der Waals surface area contributed by atoms with Gasteiger partial charge in [-0.25, -0.2) is 4.68 Å². The minimum absolute atomic E-state index is 0.556. The topological polar surface area (TPSA) is 69.6 Å². The van der Waals surface area contributed by atoms with Gasteiger partial charge in [0.1, 0.15) is 0 Å². The number of anilines is 1. The van der Waals surface area contributed by atoms with E-state index in [0.717, 1.165) is 15.6 Å². The average Bonchev–Trinajstić information content (AvgIpc) is 2.92. The highest BCUT2D eigenvalue weighted by Crippen LogP contribution is 2.28. The molecule has 21 heavy (non-hydrogen) atoms. The Morgan fingerprint density at radius 1 is 1.14 bits per heavy atom. The minimum Gasteiger partial charge on any atom is -0.399 e. The zero-order valence-corrected chi connectivity index (χ0v) is 13.2. The predicted octanol–water partition coefficient (Wildman–Crippen LogP) is 3.39. The molecule has 2 N–H and O–H groups in total. The summed E-state index contributed by atoms with van der Waals surface area (Å²) in [7, 11) is 0. The molecule has 0 bridgehead atoms. The quantitative estimate of drug-likeness (QED) is 0.723. The highest BCUT2D eigenvalue weighted by molar-refractivity contribution is 9.10. The molecule has 3 aromatic rings. The fraction of sp³-hybridized carbons (Fsp3) is 0.0714. The van der Waals surface area contributed by atoms with Crippen LogP contribution in [0.1, 0.15) is 5.56 Å². The first-order chi connectivity index (χ1) is 10.1. The van der Waals surface area contributed by atoms with Crippen molar-refractivity contribution >= 4 is 33.2 Å². The van der Waals surface area contributed by atoms with Crippen molar-refractivity contribution in [2.45, 2.75) is 6.54 Å². The van der Waals surface area contributed by atoms with Crippen molar-refractivity contribution in [3.63, 3.8) is 0 Å². The second-order valence-electron chi connectivity index (χ2n) is 4.53. The number of nitrogens with zero attached hydrogens (tertiary/aromatic N) is 4. The Bertz CT molecular complexity index is 769. The van der Waals surface area contributed by atoms with Crippen LogP contribution in [0.4, 0.5) is 5.69 Å². The number of halogens is 2. The average molecular weight is 365 g/mol. The number of benzene rings is 2. The summed E-state index contributed by atoms with van der Waals surface area (Å²) in [5, 5.41) is 12.6. The summed E-state index contributed by atoms with van der Waals surface area (Å²) in [4.78, 5) is 0. The maximum absolute atomic E-state index is 5.89. The molecule has 7 heteroatoms. The van der Waals surface area contributed by atoms with Gasteiger partial charge in [-0.2, -0.15) is 0 Å². The molecule has 0 fully saturated rings. The van der Waals surface area contributed by atoms with Crippen LogP contribution < -0.4 is 5.73 Å². The molecule has 0 atom stereocenters. The van der Waals surface area contributed by atoms with Crippen LogP contribution in [0, 0.1) is 0 Å². The first-order valence-electron chi connectivity index (χ1n) is 6.19. The van der Waals surface area contributed by atoms with Crippen LogP contribution in [-0.4, -0.2) is 20.2 Å². The van der Waals surface area contributed by atoms with E-state index in [1.54, 1.807) is 4.68 Å². The summed E-state index contributed by atoms with van der Waals surface area (Å²) < 4.78 is 2.62. The Hall–Kier alpha value is -1.92. The largest absolute Gasteiger partial charge is 0.399 e. The van der Waals surface area contributed by atoms with E-state index >= 15 is 0 Å². The fourth-order valence-corrected chi connectivity index (χ4v) is 2.53. The smallest absolute Gasteiger partial charge is 0.183 e. The third-order valence-corrected chi connectivity index (χ3v) is 3.95.